The van der Waals surface area contributed by atoms with E-state index in [1.165, 1.54) is 36.5 Å². The molecule has 0 saturated carbocycles. The van der Waals surface area contributed by atoms with Gasteiger partial charge in [-0.3, -0.25) is 4.79 Å². The summed E-state index contributed by atoms with van der Waals surface area (Å²) in [6, 6.07) is 11.7. The molecule has 140 valence electrons. The van der Waals surface area contributed by atoms with E-state index in [0.29, 0.717) is 11.1 Å². The molecule has 1 heterocycles. The normalized spacial score (nSPS) is 11.4. The Morgan fingerprint density at radius 2 is 1.74 bits per heavy atom. The first-order chi connectivity index (χ1) is 12.7. The van der Waals surface area contributed by atoms with Crippen molar-refractivity contribution in [3.63, 3.8) is 0 Å². The zero-order chi connectivity index (χ0) is 19.6. The maximum Gasteiger partial charge on any atom is 0.573 e. The number of hydrogen-bond donors (Lipinski definition) is 1. The second-order valence-electron chi connectivity index (χ2n) is 5.53. The fourth-order valence-corrected chi connectivity index (χ4v) is 2.61. The maximum absolute atomic E-state index is 12.3. The summed E-state index contributed by atoms with van der Waals surface area (Å²) in [5.41, 5.74) is 0.564. The molecule has 3 aromatic rings. The van der Waals surface area contributed by atoms with Crippen molar-refractivity contribution in [2.24, 2.45) is 0 Å². The van der Waals surface area contributed by atoms with Crippen LogP contribution < -0.4 is 14.9 Å². The van der Waals surface area contributed by atoms with Crippen LogP contribution in [0, 0.1) is 0 Å². The molecule has 1 aromatic heterocycles. The third kappa shape index (κ3) is 4.38. The summed E-state index contributed by atoms with van der Waals surface area (Å²) in [5.74, 6) is -0.718. The summed E-state index contributed by atoms with van der Waals surface area (Å²) in [6.07, 6.45) is -5.15. The van der Waals surface area contributed by atoms with Crippen molar-refractivity contribution in [1.82, 2.24) is 4.57 Å². The van der Waals surface area contributed by atoms with E-state index in [1.807, 2.05) is 0 Å². The van der Waals surface area contributed by atoms with E-state index < -0.39 is 17.9 Å². The lowest BCUT2D eigenvalue weighted by atomic mass is 10.1. The molecule has 0 saturated heterocycles. The van der Waals surface area contributed by atoms with Gasteiger partial charge in [0.1, 0.15) is 5.75 Å². The van der Waals surface area contributed by atoms with Gasteiger partial charge in [-0.25, -0.2) is 4.79 Å². The van der Waals surface area contributed by atoms with Gasteiger partial charge in [0.15, 0.2) is 5.75 Å². The van der Waals surface area contributed by atoms with Gasteiger partial charge < -0.3 is 19.1 Å². The highest BCUT2D eigenvalue weighted by molar-refractivity contribution is 5.81. The van der Waals surface area contributed by atoms with E-state index in [1.54, 1.807) is 22.8 Å². The molecule has 1 N–H and O–H groups in total. The maximum atomic E-state index is 12.3. The minimum Gasteiger partial charge on any atom is -0.449 e. The lowest BCUT2D eigenvalue weighted by molar-refractivity contribution is -0.274. The monoisotopic (exact) mass is 379 g/mol. The van der Waals surface area contributed by atoms with Gasteiger partial charge in [0, 0.05) is 11.9 Å². The predicted molar refractivity (Wildman–Crippen MR) is 89.1 cm³/mol. The first kappa shape index (κ1) is 18.3. The average molecular weight is 379 g/mol. The van der Waals surface area contributed by atoms with Crippen LogP contribution in [0.4, 0.5) is 18.0 Å². The third-order valence-electron chi connectivity index (χ3n) is 3.66. The quantitative estimate of drug-likeness (QED) is 0.693. The van der Waals surface area contributed by atoms with Crippen molar-refractivity contribution >= 4 is 17.1 Å². The van der Waals surface area contributed by atoms with E-state index in [-0.39, 0.29) is 23.4 Å². The number of halogens is 3. The fraction of sp³-hybridized carbons (Fsp3) is 0.111. The van der Waals surface area contributed by atoms with Crippen molar-refractivity contribution in [3.8, 4) is 11.5 Å². The molecular formula is C18H12F3NO5. The molecule has 9 heteroatoms. The Labute approximate surface area is 150 Å². The van der Waals surface area contributed by atoms with Crippen molar-refractivity contribution in [2.75, 3.05) is 0 Å². The van der Waals surface area contributed by atoms with Crippen LogP contribution in [-0.4, -0.2) is 22.2 Å². The molecule has 0 aliphatic rings. The summed E-state index contributed by atoms with van der Waals surface area (Å²) in [4.78, 5) is 23.1. The number of alkyl halides is 3. The molecule has 0 unspecified atom stereocenters. The number of carboxylic acid groups (broad SMARTS) is 1. The van der Waals surface area contributed by atoms with Crippen LogP contribution >= 0.6 is 0 Å². The molecule has 0 atom stereocenters. The summed E-state index contributed by atoms with van der Waals surface area (Å²) >= 11 is 0. The second-order valence-corrected chi connectivity index (χ2v) is 5.53. The number of ether oxygens (including phenoxy) is 2. The zero-order valence-electron chi connectivity index (χ0n) is 13.6. The Morgan fingerprint density at radius 1 is 1.07 bits per heavy atom. The third-order valence-corrected chi connectivity index (χ3v) is 3.66. The fourth-order valence-electron chi connectivity index (χ4n) is 2.61. The van der Waals surface area contributed by atoms with Crippen molar-refractivity contribution in [1.29, 1.82) is 0 Å². The topological polar surface area (TPSA) is 77.8 Å². The molecule has 3 rings (SSSR count). The van der Waals surface area contributed by atoms with Crippen LogP contribution in [0.3, 0.4) is 0 Å². The first-order valence-corrected chi connectivity index (χ1v) is 7.60. The van der Waals surface area contributed by atoms with Gasteiger partial charge in [0.2, 0.25) is 5.43 Å². The smallest absolute Gasteiger partial charge is 0.449 e. The van der Waals surface area contributed by atoms with Gasteiger partial charge in [0.05, 0.1) is 11.7 Å². The van der Waals surface area contributed by atoms with Gasteiger partial charge >= 0.3 is 12.5 Å². The molecule has 0 aliphatic heterocycles. The Bertz CT molecular complexity index is 1040. The van der Waals surface area contributed by atoms with Crippen molar-refractivity contribution < 1.29 is 32.5 Å². The first-order valence-electron chi connectivity index (χ1n) is 7.60. The molecular weight excluding hydrogens is 367 g/mol. The molecule has 0 amide bonds. The molecule has 0 aliphatic carbocycles. The van der Waals surface area contributed by atoms with Gasteiger partial charge in [-0.1, -0.05) is 24.3 Å². The Morgan fingerprint density at radius 3 is 2.37 bits per heavy atom. The van der Waals surface area contributed by atoms with E-state index in [4.69, 9.17) is 5.11 Å². The standard InChI is InChI=1S/C18H12F3NO5/c19-18(20,21)27-12-7-5-11(6-8-12)9-22-10-15(26-17(24)25)16(23)13-3-1-2-4-14(13)22/h1-8,10H,9H2,(H,24,25). The highest BCUT2D eigenvalue weighted by atomic mass is 19.4. The van der Waals surface area contributed by atoms with Crippen molar-refractivity contribution in [3.05, 3.63) is 70.5 Å². The van der Waals surface area contributed by atoms with Crippen LogP contribution in [0.1, 0.15) is 5.56 Å². The molecule has 2 aromatic carbocycles. The van der Waals surface area contributed by atoms with Crippen LogP contribution in [0.25, 0.3) is 10.9 Å². The number of nitrogens with zero attached hydrogens (tertiary/aromatic N) is 1. The number of rotatable bonds is 4. The Hall–Kier alpha value is -3.49. The molecule has 0 bridgehead atoms. The Balaban J connectivity index is 1.98. The number of hydrogen-bond acceptors (Lipinski definition) is 4. The number of para-hydroxylation sites is 1. The second kappa shape index (κ2) is 7.02. The van der Waals surface area contributed by atoms with Gasteiger partial charge in [-0.15, -0.1) is 13.2 Å². The highest BCUT2D eigenvalue weighted by Crippen LogP contribution is 2.23. The van der Waals surface area contributed by atoms with Crippen LogP contribution in [-0.2, 0) is 6.54 Å². The van der Waals surface area contributed by atoms with Gasteiger partial charge in [-0.2, -0.15) is 0 Å². The van der Waals surface area contributed by atoms with Gasteiger partial charge in [0.25, 0.3) is 0 Å². The minimum absolute atomic E-state index is 0.170. The number of benzene rings is 2. The lowest BCUT2D eigenvalue weighted by Gasteiger charge is -2.14. The summed E-state index contributed by atoms with van der Waals surface area (Å²) in [6.45, 7) is 0.170. The molecule has 6 nitrogen and oxygen atoms in total. The van der Waals surface area contributed by atoms with E-state index in [2.05, 4.69) is 9.47 Å². The lowest BCUT2D eigenvalue weighted by Crippen LogP contribution is -2.17. The van der Waals surface area contributed by atoms with E-state index >= 15 is 0 Å². The van der Waals surface area contributed by atoms with E-state index in [0.717, 1.165) is 0 Å². The average Bonchev–Trinajstić information content (AvgIpc) is 2.59. The largest absolute Gasteiger partial charge is 0.573 e. The number of fused-ring (bicyclic) bond motifs is 1. The van der Waals surface area contributed by atoms with Crippen molar-refractivity contribution in [2.45, 2.75) is 12.9 Å². The number of carbonyl (C=O) groups is 1. The summed E-state index contributed by atoms with van der Waals surface area (Å²) in [5, 5.41) is 9.05. The van der Waals surface area contributed by atoms with Crippen LogP contribution in [0.2, 0.25) is 0 Å². The van der Waals surface area contributed by atoms with Gasteiger partial charge in [-0.05, 0) is 29.8 Å². The molecule has 27 heavy (non-hydrogen) atoms. The minimum atomic E-state index is -4.78. The highest BCUT2D eigenvalue weighted by Gasteiger charge is 2.30. The summed E-state index contributed by atoms with van der Waals surface area (Å²) in [7, 11) is 0. The molecule has 0 spiro atoms. The summed E-state index contributed by atoms with van der Waals surface area (Å²) < 4.78 is 46.6. The van der Waals surface area contributed by atoms with Crippen LogP contribution in [0.5, 0.6) is 11.5 Å². The zero-order valence-corrected chi connectivity index (χ0v) is 13.6. The predicted octanol–water partition coefficient (Wildman–Crippen LogP) is 4.01. The molecule has 0 fully saturated rings. The Kier molecular flexibility index (Phi) is 4.76. The number of pyridine rings is 1. The number of aromatic nitrogens is 1. The van der Waals surface area contributed by atoms with E-state index in [9.17, 15) is 22.8 Å². The molecule has 0 radical (unpaired) electrons. The van der Waals surface area contributed by atoms with Crippen LogP contribution in [0.15, 0.2) is 59.5 Å². The SMILES string of the molecule is O=C(O)Oc1cn(Cc2ccc(OC(F)(F)F)cc2)c2ccccc2c1=O.